The van der Waals surface area contributed by atoms with Gasteiger partial charge in [0.15, 0.2) is 0 Å². The van der Waals surface area contributed by atoms with E-state index in [-0.39, 0.29) is 0 Å². The molecule has 0 unspecified atom stereocenters. The second kappa shape index (κ2) is 8.02. The molecule has 0 spiro atoms. The lowest BCUT2D eigenvalue weighted by Crippen LogP contribution is -2.13. The zero-order valence-corrected chi connectivity index (χ0v) is 14.3. The van der Waals surface area contributed by atoms with Crippen LogP contribution >= 0.6 is 0 Å². The van der Waals surface area contributed by atoms with Crippen LogP contribution in [0, 0.1) is 0 Å². The maximum Gasteiger partial charge on any atom is 0.138 e. The highest BCUT2D eigenvalue weighted by atomic mass is 16.5. The van der Waals surface area contributed by atoms with E-state index in [1.54, 1.807) is 14.2 Å². The van der Waals surface area contributed by atoms with Gasteiger partial charge in [0.05, 0.1) is 19.9 Å². The summed E-state index contributed by atoms with van der Waals surface area (Å²) >= 11 is 0. The molecule has 3 aromatic rings. The second-order valence-corrected chi connectivity index (χ2v) is 5.38. The molecule has 0 fully saturated rings. The Morgan fingerprint density at radius 2 is 1.28 bits per heavy atom. The lowest BCUT2D eigenvalue weighted by atomic mass is 10.2. The fourth-order valence-electron chi connectivity index (χ4n) is 2.36. The van der Waals surface area contributed by atoms with Gasteiger partial charge in [0.1, 0.15) is 17.3 Å². The van der Waals surface area contributed by atoms with Gasteiger partial charge in [0.2, 0.25) is 0 Å². The van der Waals surface area contributed by atoms with Gasteiger partial charge in [-0.15, -0.1) is 0 Å². The molecule has 25 heavy (non-hydrogen) atoms. The number of nitrogens with zero attached hydrogens (tertiary/aromatic N) is 1. The highest BCUT2D eigenvalue weighted by molar-refractivity contribution is 6.09. The van der Waals surface area contributed by atoms with E-state index < -0.39 is 0 Å². The lowest BCUT2D eigenvalue weighted by molar-refractivity contribution is 0.415. The van der Waals surface area contributed by atoms with Gasteiger partial charge in [0.25, 0.3) is 0 Å². The van der Waals surface area contributed by atoms with Crippen LogP contribution in [0.5, 0.6) is 11.5 Å². The van der Waals surface area contributed by atoms with Crippen LogP contribution in [0.25, 0.3) is 0 Å². The van der Waals surface area contributed by atoms with E-state index in [1.807, 2.05) is 78.9 Å². The Kier molecular flexibility index (Phi) is 5.32. The summed E-state index contributed by atoms with van der Waals surface area (Å²) in [5, 5.41) is 3.39. The minimum atomic E-state index is 0.774. The first-order chi connectivity index (χ1) is 12.3. The summed E-state index contributed by atoms with van der Waals surface area (Å²) in [5.74, 6) is 2.40. The number of anilines is 1. The molecule has 0 amide bonds. The molecule has 0 radical (unpaired) electrons. The number of hydrogen-bond donors (Lipinski definition) is 1. The maximum atomic E-state index is 5.21. The first-order valence-corrected chi connectivity index (χ1v) is 7.98. The molecule has 0 bridgehead atoms. The minimum absolute atomic E-state index is 0.774. The van der Waals surface area contributed by atoms with Crippen molar-refractivity contribution in [2.75, 3.05) is 19.5 Å². The predicted octanol–water partition coefficient (Wildman–Crippen LogP) is 4.89. The number of benzene rings is 3. The third-order valence-electron chi connectivity index (χ3n) is 3.71. The van der Waals surface area contributed by atoms with E-state index in [9.17, 15) is 0 Å². The summed E-state index contributed by atoms with van der Waals surface area (Å²) in [4.78, 5) is 4.76. The Hall–Kier alpha value is -3.27. The minimum Gasteiger partial charge on any atom is -0.497 e. The van der Waals surface area contributed by atoms with E-state index in [4.69, 9.17) is 14.5 Å². The molecule has 0 saturated carbocycles. The monoisotopic (exact) mass is 332 g/mol. The van der Waals surface area contributed by atoms with Crippen molar-refractivity contribution in [3.05, 3.63) is 84.4 Å². The SMILES string of the molecule is COc1ccc(N=C(Nc2ccc(OC)cc2)c2ccccc2)cc1. The van der Waals surface area contributed by atoms with Gasteiger partial charge in [-0.25, -0.2) is 4.99 Å². The summed E-state index contributed by atoms with van der Waals surface area (Å²) in [6.45, 7) is 0. The molecule has 0 saturated heterocycles. The third kappa shape index (κ3) is 4.38. The Labute approximate surface area is 147 Å². The first-order valence-electron chi connectivity index (χ1n) is 7.98. The van der Waals surface area contributed by atoms with Gasteiger partial charge in [-0.3, -0.25) is 0 Å². The van der Waals surface area contributed by atoms with Gasteiger partial charge in [-0.2, -0.15) is 0 Å². The van der Waals surface area contributed by atoms with Crippen LogP contribution in [0.15, 0.2) is 83.9 Å². The molecular weight excluding hydrogens is 312 g/mol. The molecule has 0 aliphatic carbocycles. The van der Waals surface area contributed by atoms with E-state index in [0.717, 1.165) is 34.3 Å². The van der Waals surface area contributed by atoms with Crippen LogP contribution in [0.2, 0.25) is 0 Å². The van der Waals surface area contributed by atoms with Crippen LogP contribution in [-0.2, 0) is 0 Å². The molecule has 4 nitrogen and oxygen atoms in total. The molecule has 0 aliphatic heterocycles. The zero-order chi connectivity index (χ0) is 17.5. The normalized spacial score (nSPS) is 11.0. The number of hydrogen-bond acceptors (Lipinski definition) is 3. The average Bonchev–Trinajstić information content (AvgIpc) is 2.69. The molecular formula is C21H20N2O2. The summed E-state index contributed by atoms with van der Waals surface area (Å²) in [6.07, 6.45) is 0. The third-order valence-corrected chi connectivity index (χ3v) is 3.71. The van der Waals surface area contributed by atoms with E-state index in [0.29, 0.717) is 0 Å². The standard InChI is InChI=1S/C21H20N2O2/c1-24-19-12-8-17(9-13-19)22-21(16-6-4-3-5-7-16)23-18-10-14-20(25-2)15-11-18/h3-15H,1-2H3,(H,22,23). The number of aliphatic imine (C=N–C) groups is 1. The molecule has 3 aromatic carbocycles. The number of methoxy groups -OCH3 is 2. The van der Waals surface area contributed by atoms with E-state index >= 15 is 0 Å². The lowest BCUT2D eigenvalue weighted by Gasteiger charge is -2.11. The highest BCUT2D eigenvalue weighted by Gasteiger charge is 2.05. The second-order valence-electron chi connectivity index (χ2n) is 5.38. The van der Waals surface area contributed by atoms with Gasteiger partial charge >= 0.3 is 0 Å². The van der Waals surface area contributed by atoms with Crippen LogP contribution in [0.3, 0.4) is 0 Å². The Morgan fingerprint density at radius 3 is 1.84 bits per heavy atom. The summed E-state index contributed by atoms with van der Waals surface area (Å²) in [6, 6.07) is 25.4. The van der Waals surface area contributed by atoms with Crippen molar-refractivity contribution < 1.29 is 9.47 Å². The zero-order valence-electron chi connectivity index (χ0n) is 14.3. The smallest absolute Gasteiger partial charge is 0.138 e. The quantitative estimate of drug-likeness (QED) is 0.534. The highest BCUT2D eigenvalue weighted by Crippen LogP contribution is 2.21. The van der Waals surface area contributed by atoms with Crippen molar-refractivity contribution in [3.8, 4) is 11.5 Å². The Balaban J connectivity index is 1.92. The molecule has 1 N–H and O–H groups in total. The molecule has 0 atom stereocenters. The van der Waals surface area contributed by atoms with Crippen LogP contribution in [0.1, 0.15) is 5.56 Å². The van der Waals surface area contributed by atoms with Gasteiger partial charge in [-0.05, 0) is 48.5 Å². The molecule has 4 heteroatoms. The number of amidine groups is 1. The van der Waals surface area contributed by atoms with Crippen molar-refractivity contribution in [1.29, 1.82) is 0 Å². The van der Waals surface area contributed by atoms with Gasteiger partial charge in [-0.1, -0.05) is 30.3 Å². The topological polar surface area (TPSA) is 42.8 Å². The van der Waals surface area contributed by atoms with Crippen LogP contribution in [-0.4, -0.2) is 20.1 Å². The van der Waals surface area contributed by atoms with Gasteiger partial charge in [0, 0.05) is 11.3 Å². The van der Waals surface area contributed by atoms with Crippen LogP contribution < -0.4 is 14.8 Å². The number of rotatable bonds is 5. The fraction of sp³-hybridized carbons (Fsp3) is 0.0952. The van der Waals surface area contributed by atoms with Crippen molar-refractivity contribution in [1.82, 2.24) is 0 Å². The van der Waals surface area contributed by atoms with Crippen molar-refractivity contribution in [3.63, 3.8) is 0 Å². The molecule has 3 rings (SSSR count). The van der Waals surface area contributed by atoms with Gasteiger partial charge < -0.3 is 14.8 Å². The molecule has 0 aliphatic rings. The number of nitrogens with one attached hydrogen (secondary N) is 1. The molecule has 0 aromatic heterocycles. The average molecular weight is 332 g/mol. The summed E-state index contributed by atoms with van der Waals surface area (Å²) in [7, 11) is 3.31. The first kappa shape index (κ1) is 16.6. The van der Waals surface area contributed by atoms with Crippen molar-refractivity contribution >= 4 is 17.2 Å². The predicted molar refractivity (Wildman–Crippen MR) is 102 cm³/mol. The summed E-state index contributed by atoms with van der Waals surface area (Å²) in [5.41, 5.74) is 2.80. The Morgan fingerprint density at radius 1 is 0.720 bits per heavy atom. The molecule has 126 valence electrons. The largest absolute Gasteiger partial charge is 0.497 e. The van der Waals surface area contributed by atoms with E-state index in [2.05, 4.69) is 5.32 Å². The Bertz CT molecular complexity index is 826. The fourth-order valence-corrected chi connectivity index (χ4v) is 2.36. The van der Waals surface area contributed by atoms with E-state index in [1.165, 1.54) is 0 Å². The number of ether oxygens (including phenoxy) is 2. The van der Waals surface area contributed by atoms with Crippen molar-refractivity contribution in [2.24, 2.45) is 4.99 Å². The summed E-state index contributed by atoms with van der Waals surface area (Å²) < 4.78 is 10.4. The van der Waals surface area contributed by atoms with Crippen molar-refractivity contribution in [2.45, 2.75) is 0 Å². The van der Waals surface area contributed by atoms with Crippen LogP contribution in [0.4, 0.5) is 11.4 Å². The maximum absolute atomic E-state index is 5.21. The molecule has 0 heterocycles.